The van der Waals surface area contributed by atoms with Crippen molar-refractivity contribution < 1.29 is 4.74 Å². The highest BCUT2D eigenvalue weighted by Gasteiger charge is 2.20. The highest BCUT2D eigenvalue weighted by Crippen LogP contribution is 2.31. The van der Waals surface area contributed by atoms with Crippen LogP contribution in [0.4, 0.5) is 5.69 Å². The number of nitrogens with zero attached hydrogens (tertiary/aromatic N) is 4. The number of methoxy groups -OCH3 is 1. The number of hydrazone groups is 1. The van der Waals surface area contributed by atoms with Crippen LogP contribution in [-0.2, 0) is 0 Å². The topological polar surface area (TPSA) is 52.5 Å². The van der Waals surface area contributed by atoms with E-state index >= 15 is 0 Å². The number of hydrogen-bond donors (Lipinski definition) is 1. The van der Waals surface area contributed by atoms with E-state index in [0.717, 1.165) is 35.3 Å². The Morgan fingerprint density at radius 1 is 1.46 bits per heavy atom. The smallest absolute Gasteiger partial charge is 0.225 e. The summed E-state index contributed by atoms with van der Waals surface area (Å²) in [4.78, 5) is 7.64. The average molecular weight is 350 g/mol. The maximum atomic E-state index is 5.48. The lowest BCUT2D eigenvalue weighted by atomic mass is 10.1. The van der Waals surface area contributed by atoms with Crippen molar-refractivity contribution in [3.8, 4) is 5.75 Å². The summed E-state index contributed by atoms with van der Waals surface area (Å²) in [7, 11) is 5.70. The van der Waals surface area contributed by atoms with Crippen LogP contribution >= 0.6 is 11.9 Å². The van der Waals surface area contributed by atoms with Crippen molar-refractivity contribution in [2.45, 2.75) is 25.2 Å². The van der Waals surface area contributed by atoms with Gasteiger partial charge in [-0.05, 0) is 43.5 Å². The molecular weight excluding hydrogens is 322 g/mol. The third-order valence-electron chi connectivity index (χ3n) is 3.79. The van der Waals surface area contributed by atoms with Gasteiger partial charge in [-0.2, -0.15) is 5.10 Å². The highest BCUT2D eigenvalue weighted by atomic mass is 32.2. The number of ether oxygens (including phenoxy) is 1. The molecule has 0 amide bonds. The Bertz CT molecular complexity index is 603. The normalized spacial score (nSPS) is 17.3. The van der Waals surface area contributed by atoms with Crippen LogP contribution in [0.3, 0.4) is 0 Å². The predicted octanol–water partition coefficient (Wildman–Crippen LogP) is 3.06. The quantitative estimate of drug-likeness (QED) is 0.486. The standard InChI is InChI=1S/C17H27N5OS/c1-6-13-11-19-22(12-13)17(18-7-2)20-24-14-8-9-15(21(3)4)16(10-14)23-5/h8-11,13H,6-7,12H2,1-5H3,(H,18,20). The lowest BCUT2D eigenvalue weighted by molar-refractivity contribution is 0.414. The van der Waals surface area contributed by atoms with Gasteiger partial charge in [0.05, 0.1) is 19.3 Å². The fraction of sp³-hybridized carbons (Fsp3) is 0.529. The van der Waals surface area contributed by atoms with Gasteiger partial charge < -0.3 is 9.64 Å². The molecule has 0 radical (unpaired) electrons. The molecular formula is C17H27N5OS. The molecule has 1 unspecified atom stereocenters. The molecule has 24 heavy (non-hydrogen) atoms. The molecule has 132 valence electrons. The molecule has 1 aromatic rings. The third-order valence-corrected chi connectivity index (χ3v) is 4.57. The number of hydrogen-bond acceptors (Lipinski definition) is 5. The van der Waals surface area contributed by atoms with Crippen LogP contribution < -0.4 is 14.4 Å². The minimum atomic E-state index is 0.498. The van der Waals surface area contributed by atoms with E-state index in [1.807, 2.05) is 43.2 Å². The van der Waals surface area contributed by atoms with Crippen molar-refractivity contribution in [2.75, 3.05) is 39.2 Å². The number of aliphatic imine (C=N–C) groups is 1. The summed E-state index contributed by atoms with van der Waals surface area (Å²) in [5.41, 5.74) is 1.05. The Labute approximate surface area is 149 Å². The van der Waals surface area contributed by atoms with Crippen molar-refractivity contribution in [1.82, 2.24) is 9.73 Å². The van der Waals surface area contributed by atoms with Gasteiger partial charge >= 0.3 is 0 Å². The summed E-state index contributed by atoms with van der Waals surface area (Å²) in [5.74, 6) is 2.15. The van der Waals surface area contributed by atoms with Crippen molar-refractivity contribution in [2.24, 2.45) is 16.0 Å². The number of anilines is 1. The molecule has 1 aliphatic heterocycles. The van der Waals surface area contributed by atoms with Crippen LogP contribution in [0.15, 0.2) is 33.2 Å². The fourth-order valence-corrected chi connectivity index (χ4v) is 3.06. The molecule has 1 N–H and O–H groups in total. The summed E-state index contributed by atoms with van der Waals surface area (Å²) < 4.78 is 8.82. The Morgan fingerprint density at radius 2 is 2.25 bits per heavy atom. The molecule has 0 aromatic heterocycles. The van der Waals surface area contributed by atoms with Crippen molar-refractivity contribution in [1.29, 1.82) is 0 Å². The van der Waals surface area contributed by atoms with E-state index in [1.54, 1.807) is 7.11 Å². The van der Waals surface area contributed by atoms with Gasteiger partial charge in [0.2, 0.25) is 5.96 Å². The first-order valence-electron chi connectivity index (χ1n) is 8.23. The summed E-state index contributed by atoms with van der Waals surface area (Å²) in [5, 5.41) is 6.40. The van der Waals surface area contributed by atoms with E-state index in [4.69, 9.17) is 4.74 Å². The van der Waals surface area contributed by atoms with E-state index in [9.17, 15) is 0 Å². The lowest BCUT2D eigenvalue weighted by Gasteiger charge is -2.20. The van der Waals surface area contributed by atoms with Gasteiger partial charge in [-0.1, -0.05) is 6.92 Å². The number of rotatable bonds is 6. The fourth-order valence-electron chi connectivity index (χ4n) is 2.38. The lowest BCUT2D eigenvalue weighted by Crippen LogP contribution is -2.34. The minimum absolute atomic E-state index is 0.498. The monoisotopic (exact) mass is 349 g/mol. The molecule has 0 aliphatic carbocycles. The maximum absolute atomic E-state index is 5.48. The zero-order chi connectivity index (χ0) is 17.5. The van der Waals surface area contributed by atoms with E-state index < -0.39 is 0 Å². The second-order valence-electron chi connectivity index (χ2n) is 5.75. The first-order valence-corrected chi connectivity index (χ1v) is 9.05. The molecule has 0 spiro atoms. The molecule has 7 heteroatoms. The van der Waals surface area contributed by atoms with Crippen LogP contribution in [0.25, 0.3) is 0 Å². The van der Waals surface area contributed by atoms with Gasteiger partial charge in [0.25, 0.3) is 0 Å². The summed E-state index contributed by atoms with van der Waals surface area (Å²) in [6.07, 6.45) is 3.10. The molecule has 1 aromatic carbocycles. The summed E-state index contributed by atoms with van der Waals surface area (Å²) >= 11 is 1.52. The Kier molecular flexibility index (Phi) is 6.78. The maximum Gasteiger partial charge on any atom is 0.225 e. The predicted molar refractivity (Wildman–Crippen MR) is 103 cm³/mol. The molecule has 1 aliphatic rings. The van der Waals surface area contributed by atoms with Gasteiger partial charge in [-0.3, -0.25) is 9.71 Å². The molecule has 1 heterocycles. The van der Waals surface area contributed by atoms with Crippen LogP contribution in [0.2, 0.25) is 0 Å². The minimum Gasteiger partial charge on any atom is -0.495 e. The molecule has 6 nitrogen and oxygen atoms in total. The Balaban J connectivity index is 2.05. The van der Waals surface area contributed by atoms with E-state index in [0.29, 0.717) is 12.5 Å². The van der Waals surface area contributed by atoms with Crippen LogP contribution in [0, 0.1) is 5.92 Å². The highest BCUT2D eigenvalue weighted by molar-refractivity contribution is 7.98. The molecule has 2 rings (SSSR count). The average Bonchev–Trinajstić information content (AvgIpc) is 3.07. The second-order valence-corrected chi connectivity index (χ2v) is 6.62. The third kappa shape index (κ3) is 4.56. The molecule has 0 saturated carbocycles. The van der Waals surface area contributed by atoms with E-state index in [2.05, 4.69) is 33.9 Å². The number of benzene rings is 1. The van der Waals surface area contributed by atoms with Crippen molar-refractivity contribution >= 4 is 29.8 Å². The Morgan fingerprint density at radius 3 is 2.83 bits per heavy atom. The first-order chi connectivity index (χ1) is 11.6. The van der Waals surface area contributed by atoms with Crippen LogP contribution in [0.5, 0.6) is 5.75 Å². The van der Waals surface area contributed by atoms with Crippen LogP contribution in [0.1, 0.15) is 20.3 Å². The van der Waals surface area contributed by atoms with Gasteiger partial charge in [-0.15, -0.1) is 0 Å². The Hall–Kier alpha value is -1.89. The van der Waals surface area contributed by atoms with Crippen molar-refractivity contribution in [3.05, 3.63) is 18.2 Å². The zero-order valence-electron chi connectivity index (χ0n) is 15.1. The van der Waals surface area contributed by atoms with Crippen molar-refractivity contribution in [3.63, 3.8) is 0 Å². The molecule has 0 saturated heterocycles. The van der Waals surface area contributed by atoms with E-state index in [-0.39, 0.29) is 0 Å². The molecule has 0 fully saturated rings. The van der Waals surface area contributed by atoms with Gasteiger partial charge in [-0.25, -0.2) is 5.01 Å². The zero-order valence-corrected chi connectivity index (χ0v) is 15.9. The first kappa shape index (κ1) is 18.4. The summed E-state index contributed by atoms with van der Waals surface area (Å²) in [6, 6.07) is 6.15. The van der Waals surface area contributed by atoms with Gasteiger partial charge in [0.1, 0.15) is 5.75 Å². The molecule has 1 atom stereocenters. The largest absolute Gasteiger partial charge is 0.495 e. The van der Waals surface area contributed by atoms with Crippen LogP contribution in [-0.4, -0.2) is 51.5 Å². The van der Waals surface area contributed by atoms with E-state index in [1.165, 1.54) is 11.9 Å². The number of nitrogens with one attached hydrogen (secondary N) is 1. The molecule has 0 bridgehead atoms. The summed E-state index contributed by atoms with van der Waals surface area (Å²) in [6.45, 7) is 5.80. The van der Waals surface area contributed by atoms with Gasteiger partial charge in [0.15, 0.2) is 0 Å². The van der Waals surface area contributed by atoms with Gasteiger partial charge in [0, 0.05) is 37.7 Å². The SMILES string of the molecule is CCN=C(NSc1ccc(N(C)C)c(OC)c1)N1CC(CC)C=N1. The number of guanidine groups is 1. The second kappa shape index (κ2) is 8.82.